The quantitative estimate of drug-likeness (QED) is 0.650. The zero-order valence-electron chi connectivity index (χ0n) is 9.20. The van der Waals surface area contributed by atoms with Gasteiger partial charge in [-0.15, -0.1) is 0 Å². The second kappa shape index (κ2) is 4.28. The van der Waals surface area contributed by atoms with Gasteiger partial charge in [-0.1, -0.05) is 0 Å². The molecule has 0 spiro atoms. The van der Waals surface area contributed by atoms with Crippen molar-refractivity contribution in [3.8, 4) is 0 Å². The van der Waals surface area contributed by atoms with Crippen molar-refractivity contribution in [2.75, 3.05) is 6.61 Å². The summed E-state index contributed by atoms with van der Waals surface area (Å²) in [6, 6.07) is 0. The van der Waals surface area contributed by atoms with Crippen LogP contribution in [0.25, 0.3) is 0 Å². The monoisotopic (exact) mass is 202 g/mol. The molecule has 0 aliphatic carbocycles. The average molecular weight is 202 g/mol. The van der Waals surface area contributed by atoms with Crippen LogP contribution in [0.1, 0.15) is 34.1 Å². The molecule has 82 valence electrons. The fourth-order valence-corrected chi connectivity index (χ4v) is 1.36. The molecule has 0 saturated carbocycles. The van der Waals surface area contributed by atoms with Crippen molar-refractivity contribution < 1.29 is 19.0 Å². The van der Waals surface area contributed by atoms with E-state index in [1.807, 2.05) is 27.7 Å². The maximum Gasteiger partial charge on any atom is 0.308 e. The Balaban J connectivity index is 2.29. The minimum absolute atomic E-state index is 0.0715. The summed E-state index contributed by atoms with van der Waals surface area (Å²) >= 11 is 0. The molecule has 1 heterocycles. The van der Waals surface area contributed by atoms with Crippen molar-refractivity contribution in [2.45, 2.75) is 52.1 Å². The number of carbonyl (C=O) groups excluding carboxylic acids is 1. The molecule has 1 rings (SSSR count). The molecule has 0 aromatic carbocycles. The molecular formula is C10H18O4. The molecule has 4 nitrogen and oxygen atoms in total. The molecule has 0 N–H and O–H groups in total. The highest BCUT2D eigenvalue weighted by Crippen LogP contribution is 2.24. The van der Waals surface area contributed by atoms with Gasteiger partial charge in [-0.05, 0) is 27.7 Å². The smallest absolute Gasteiger partial charge is 0.308 e. The lowest BCUT2D eigenvalue weighted by molar-refractivity contribution is -0.156. The standard InChI is InChI=1S/C10H18O4/c1-7(2)13-9(11)5-8-6-12-10(3,4)14-8/h7-8H,5-6H2,1-4H3. The Morgan fingerprint density at radius 1 is 1.57 bits per heavy atom. The van der Waals surface area contributed by atoms with Crippen molar-refractivity contribution in [3.63, 3.8) is 0 Å². The minimum atomic E-state index is -0.567. The van der Waals surface area contributed by atoms with Crippen molar-refractivity contribution in [2.24, 2.45) is 0 Å². The van der Waals surface area contributed by atoms with Gasteiger partial charge in [0.25, 0.3) is 0 Å². The van der Waals surface area contributed by atoms with Gasteiger partial charge in [-0.3, -0.25) is 4.79 Å². The summed E-state index contributed by atoms with van der Waals surface area (Å²) in [6.07, 6.45) is 0.0239. The Bertz CT molecular complexity index is 210. The van der Waals surface area contributed by atoms with Gasteiger partial charge >= 0.3 is 5.97 Å². The molecule has 1 aliphatic heterocycles. The highest BCUT2D eigenvalue weighted by atomic mass is 16.7. The molecule has 1 saturated heterocycles. The Labute approximate surface area is 84.5 Å². The zero-order valence-corrected chi connectivity index (χ0v) is 9.20. The van der Waals surface area contributed by atoms with Gasteiger partial charge in [-0.25, -0.2) is 0 Å². The molecule has 0 aromatic heterocycles. The van der Waals surface area contributed by atoms with E-state index in [0.717, 1.165) is 0 Å². The summed E-state index contributed by atoms with van der Waals surface area (Å²) in [4.78, 5) is 11.3. The summed E-state index contributed by atoms with van der Waals surface area (Å²) in [6.45, 7) is 7.78. The van der Waals surface area contributed by atoms with Crippen LogP contribution in [0.15, 0.2) is 0 Å². The Hall–Kier alpha value is -0.610. The molecule has 1 atom stereocenters. The van der Waals surface area contributed by atoms with Gasteiger partial charge in [0.15, 0.2) is 5.79 Å². The molecule has 0 amide bonds. The predicted molar refractivity (Wildman–Crippen MR) is 50.7 cm³/mol. The third-order valence-electron chi connectivity index (χ3n) is 1.83. The third kappa shape index (κ3) is 3.64. The van der Waals surface area contributed by atoms with Gasteiger partial charge in [0.05, 0.1) is 25.2 Å². The molecule has 1 unspecified atom stereocenters. The van der Waals surface area contributed by atoms with E-state index in [2.05, 4.69) is 0 Å². The first-order chi connectivity index (χ1) is 6.39. The predicted octanol–water partition coefficient (Wildman–Crippen LogP) is 1.48. The molecule has 0 bridgehead atoms. The lowest BCUT2D eigenvalue weighted by Gasteiger charge is -2.17. The topological polar surface area (TPSA) is 44.8 Å². The van der Waals surface area contributed by atoms with Crippen LogP contribution in [0.3, 0.4) is 0 Å². The van der Waals surface area contributed by atoms with E-state index in [9.17, 15) is 4.79 Å². The van der Waals surface area contributed by atoms with Crippen LogP contribution in [-0.4, -0.2) is 30.6 Å². The summed E-state index contributed by atoms with van der Waals surface area (Å²) in [7, 11) is 0. The van der Waals surface area contributed by atoms with Gasteiger partial charge in [0.2, 0.25) is 0 Å². The van der Waals surface area contributed by atoms with Crippen molar-refractivity contribution >= 4 is 5.97 Å². The summed E-state index contributed by atoms with van der Waals surface area (Å²) in [5.41, 5.74) is 0. The second-order valence-corrected chi connectivity index (χ2v) is 4.19. The fraction of sp³-hybridized carbons (Fsp3) is 0.900. The number of ether oxygens (including phenoxy) is 3. The van der Waals surface area contributed by atoms with Crippen LogP contribution >= 0.6 is 0 Å². The first-order valence-corrected chi connectivity index (χ1v) is 4.90. The first-order valence-electron chi connectivity index (χ1n) is 4.90. The molecule has 0 aromatic rings. The van der Waals surface area contributed by atoms with Crippen LogP contribution in [0.4, 0.5) is 0 Å². The number of carbonyl (C=O) groups is 1. The molecule has 4 heteroatoms. The molecule has 1 aliphatic rings. The Morgan fingerprint density at radius 3 is 2.64 bits per heavy atom. The van der Waals surface area contributed by atoms with Gasteiger partial charge < -0.3 is 14.2 Å². The Kier molecular flexibility index (Phi) is 3.50. The zero-order chi connectivity index (χ0) is 10.8. The van der Waals surface area contributed by atoms with Crippen LogP contribution in [0.2, 0.25) is 0 Å². The average Bonchev–Trinajstić information content (AvgIpc) is 2.27. The largest absolute Gasteiger partial charge is 0.463 e. The van der Waals surface area contributed by atoms with Crippen molar-refractivity contribution in [1.29, 1.82) is 0 Å². The minimum Gasteiger partial charge on any atom is -0.463 e. The van der Waals surface area contributed by atoms with E-state index in [1.54, 1.807) is 0 Å². The summed E-state index contributed by atoms with van der Waals surface area (Å²) in [5, 5.41) is 0. The maximum absolute atomic E-state index is 11.3. The maximum atomic E-state index is 11.3. The lowest BCUT2D eigenvalue weighted by atomic mass is 10.3. The van der Waals surface area contributed by atoms with E-state index in [4.69, 9.17) is 14.2 Å². The van der Waals surface area contributed by atoms with Crippen molar-refractivity contribution in [1.82, 2.24) is 0 Å². The lowest BCUT2D eigenvalue weighted by Crippen LogP contribution is -2.24. The highest BCUT2D eigenvalue weighted by Gasteiger charge is 2.34. The van der Waals surface area contributed by atoms with Gasteiger partial charge in [0, 0.05) is 0 Å². The van der Waals surface area contributed by atoms with Crippen LogP contribution in [0, 0.1) is 0 Å². The van der Waals surface area contributed by atoms with E-state index < -0.39 is 5.79 Å². The fourth-order valence-electron chi connectivity index (χ4n) is 1.36. The van der Waals surface area contributed by atoms with Gasteiger partial charge in [-0.2, -0.15) is 0 Å². The van der Waals surface area contributed by atoms with Gasteiger partial charge in [0.1, 0.15) is 0 Å². The summed E-state index contributed by atoms with van der Waals surface area (Å²) < 4.78 is 15.8. The van der Waals surface area contributed by atoms with E-state index >= 15 is 0 Å². The highest BCUT2D eigenvalue weighted by molar-refractivity contribution is 5.70. The molecule has 1 fully saturated rings. The van der Waals surface area contributed by atoms with Crippen LogP contribution in [0.5, 0.6) is 0 Å². The third-order valence-corrected chi connectivity index (χ3v) is 1.83. The van der Waals surface area contributed by atoms with Crippen LogP contribution < -0.4 is 0 Å². The summed E-state index contributed by atoms with van der Waals surface area (Å²) in [5.74, 6) is -0.797. The SMILES string of the molecule is CC(C)OC(=O)CC1COC(C)(C)O1. The first kappa shape index (κ1) is 11.5. The van der Waals surface area contributed by atoms with Crippen LogP contribution in [-0.2, 0) is 19.0 Å². The number of esters is 1. The number of hydrogen-bond donors (Lipinski definition) is 0. The molecule has 0 radical (unpaired) electrons. The van der Waals surface area contributed by atoms with Crippen molar-refractivity contribution in [3.05, 3.63) is 0 Å². The second-order valence-electron chi connectivity index (χ2n) is 4.19. The molecule has 14 heavy (non-hydrogen) atoms. The normalized spacial score (nSPS) is 25.4. The number of rotatable bonds is 3. The molecular weight excluding hydrogens is 184 g/mol. The number of hydrogen-bond acceptors (Lipinski definition) is 4. The van der Waals surface area contributed by atoms with E-state index in [-0.39, 0.29) is 24.6 Å². The van der Waals surface area contributed by atoms with E-state index in [1.165, 1.54) is 0 Å². The Morgan fingerprint density at radius 2 is 2.21 bits per heavy atom. The van der Waals surface area contributed by atoms with E-state index in [0.29, 0.717) is 6.61 Å².